The Kier molecular flexibility index (Phi) is 4.70. The van der Waals surface area contributed by atoms with Gasteiger partial charge in [0, 0.05) is 0 Å². The van der Waals surface area contributed by atoms with Crippen molar-refractivity contribution < 1.29 is 31.4 Å². The third-order valence-corrected chi connectivity index (χ3v) is 5.55. The van der Waals surface area contributed by atoms with Gasteiger partial charge in [0.05, 0.1) is 0 Å². The van der Waals surface area contributed by atoms with Crippen LogP contribution in [0.4, 0.5) is 26.3 Å². The van der Waals surface area contributed by atoms with Crippen molar-refractivity contribution in [2.24, 2.45) is 22.7 Å². The van der Waals surface area contributed by atoms with E-state index in [-0.39, 0.29) is 17.8 Å². The van der Waals surface area contributed by atoms with Gasteiger partial charge >= 0.3 is 12.4 Å². The number of hydrogen-bond donors (Lipinski definition) is 1. The molecule has 1 fully saturated rings. The first-order valence-electron chi connectivity index (χ1n) is 7.32. The zero-order valence-corrected chi connectivity index (χ0v) is 13.5. The topological polar surface area (TPSA) is 20.2 Å². The largest absolute Gasteiger partial charge is 0.426 e. The lowest BCUT2D eigenvalue weighted by Crippen LogP contribution is -2.58. The van der Waals surface area contributed by atoms with Crippen LogP contribution in [0.1, 0.15) is 53.9 Å². The van der Waals surface area contributed by atoms with Crippen LogP contribution in [0.5, 0.6) is 0 Å². The van der Waals surface area contributed by atoms with Crippen LogP contribution in [-0.4, -0.2) is 23.1 Å². The number of aliphatic hydroxyl groups is 1. The van der Waals surface area contributed by atoms with Crippen LogP contribution < -0.4 is 0 Å². The average Bonchev–Trinajstić information content (AvgIpc) is 2.46. The standard InChI is InChI=1S/C15H24F6O/c1-9(2)12(5)6-10(11(3,4)8-12)7-13(22,14(16,17)18)15(19,20)21/h9-10,22H,6-8H2,1-5H3. The molecular formula is C15H24F6O. The number of rotatable bonds is 3. The Hall–Kier alpha value is -0.460. The summed E-state index contributed by atoms with van der Waals surface area (Å²) in [6, 6.07) is 0. The summed E-state index contributed by atoms with van der Waals surface area (Å²) >= 11 is 0. The van der Waals surface area contributed by atoms with Gasteiger partial charge in [0.15, 0.2) is 0 Å². The van der Waals surface area contributed by atoms with Gasteiger partial charge in [-0.25, -0.2) is 0 Å². The maximum absolute atomic E-state index is 12.9. The maximum atomic E-state index is 12.9. The van der Waals surface area contributed by atoms with E-state index >= 15 is 0 Å². The highest BCUT2D eigenvalue weighted by atomic mass is 19.4. The lowest BCUT2D eigenvalue weighted by Gasteiger charge is -2.37. The molecule has 0 spiro atoms. The second kappa shape index (κ2) is 5.28. The van der Waals surface area contributed by atoms with E-state index in [1.165, 1.54) is 0 Å². The first-order chi connectivity index (χ1) is 9.46. The maximum Gasteiger partial charge on any atom is 0.426 e. The SMILES string of the molecule is CC(C)C1(C)CC(CC(O)(C(F)(F)F)C(F)(F)F)C(C)(C)C1. The molecule has 0 bridgehead atoms. The van der Waals surface area contributed by atoms with Gasteiger partial charge in [-0.05, 0) is 41.9 Å². The molecule has 2 unspecified atom stereocenters. The van der Waals surface area contributed by atoms with Crippen LogP contribution in [0.15, 0.2) is 0 Å². The summed E-state index contributed by atoms with van der Waals surface area (Å²) in [5.41, 5.74) is -5.67. The molecule has 1 aliphatic carbocycles. The fourth-order valence-corrected chi connectivity index (χ4v) is 3.63. The molecule has 0 heterocycles. The molecule has 0 aromatic rings. The van der Waals surface area contributed by atoms with Gasteiger partial charge in [-0.3, -0.25) is 0 Å². The van der Waals surface area contributed by atoms with Crippen molar-refractivity contribution in [2.45, 2.75) is 71.8 Å². The van der Waals surface area contributed by atoms with E-state index in [1.54, 1.807) is 13.8 Å². The molecule has 0 saturated heterocycles. The summed E-state index contributed by atoms with van der Waals surface area (Å²) in [4.78, 5) is 0. The van der Waals surface area contributed by atoms with Crippen molar-refractivity contribution in [1.82, 2.24) is 0 Å². The average molecular weight is 334 g/mol. The monoisotopic (exact) mass is 334 g/mol. The molecule has 22 heavy (non-hydrogen) atoms. The van der Waals surface area contributed by atoms with Crippen molar-refractivity contribution in [3.05, 3.63) is 0 Å². The Balaban J connectivity index is 3.16. The van der Waals surface area contributed by atoms with Gasteiger partial charge in [0.2, 0.25) is 0 Å². The van der Waals surface area contributed by atoms with E-state index in [1.807, 2.05) is 20.8 Å². The summed E-state index contributed by atoms with van der Waals surface area (Å²) in [6.45, 7) is 9.08. The molecule has 0 aromatic carbocycles. The Morgan fingerprint density at radius 2 is 1.41 bits per heavy atom. The van der Waals surface area contributed by atoms with E-state index in [9.17, 15) is 31.4 Å². The molecule has 1 N–H and O–H groups in total. The second-order valence-corrected chi connectivity index (χ2v) is 7.94. The van der Waals surface area contributed by atoms with Crippen molar-refractivity contribution in [2.75, 3.05) is 0 Å². The fourth-order valence-electron chi connectivity index (χ4n) is 3.63. The summed E-state index contributed by atoms with van der Waals surface area (Å²) in [5.74, 6) is -0.713. The van der Waals surface area contributed by atoms with Crippen molar-refractivity contribution >= 4 is 0 Å². The van der Waals surface area contributed by atoms with Gasteiger partial charge in [0.25, 0.3) is 5.60 Å². The molecule has 2 atom stereocenters. The van der Waals surface area contributed by atoms with Gasteiger partial charge < -0.3 is 5.11 Å². The van der Waals surface area contributed by atoms with Gasteiger partial charge in [-0.2, -0.15) is 26.3 Å². The van der Waals surface area contributed by atoms with Gasteiger partial charge in [0.1, 0.15) is 0 Å². The van der Waals surface area contributed by atoms with Crippen LogP contribution in [0.3, 0.4) is 0 Å². The van der Waals surface area contributed by atoms with Crippen LogP contribution in [0, 0.1) is 22.7 Å². The summed E-state index contributed by atoms with van der Waals surface area (Å²) in [5, 5.41) is 9.44. The summed E-state index contributed by atoms with van der Waals surface area (Å²) in [7, 11) is 0. The Bertz CT molecular complexity index is 395. The van der Waals surface area contributed by atoms with E-state index in [2.05, 4.69) is 0 Å². The van der Waals surface area contributed by atoms with Crippen LogP contribution in [-0.2, 0) is 0 Å². The van der Waals surface area contributed by atoms with Crippen molar-refractivity contribution in [3.63, 3.8) is 0 Å². The zero-order chi connectivity index (χ0) is 17.8. The molecule has 1 rings (SSSR count). The minimum Gasteiger partial charge on any atom is -0.374 e. The first kappa shape index (κ1) is 19.6. The lowest BCUT2D eigenvalue weighted by molar-refractivity contribution is -0.373. The van der Waals surface area contributed by atoms with Crippen LogP contribution in [0.25, 0.3) is 0 Å². The quantitative estimate of drug-likeness (QED) is 0.692. The fraction of sp³-hybridized carbons (Fsp3) is 1.00. The van der Waals surface area contributed by atoms with E-state index < -0.39 is 35.7 Å². The molecule has 0 radical (unpaired) electrons. The smallest absolute Gasteiger partial charge is 0.374 e. The Morgan fingerprint density at radius 3 is 1.68 bits per heavy atom. The predicted molar refractivity (Wildman–Crippen MR) is 71.1 cm³/mol. The second-order valence-electron chi connectivity index (χ2n) is 7.94. The molecule has 0 amide bonds. The molecule has 1 aliphatic rings. The molecule has 132 valence electrons. The van der Waals surface area contributed by atoms with Gasteiger partial charge in [-0.1, -0.05) is 34.6 Å². The van der Waals surface area contributed by atoms with Crippen LogP contribution >= 0.6 is 0 Å². The highest BCUT2D eigenvalue weighted by Gasteiger charge is 2.71. The normalized spacial score (nSPS) is 30.1. The third kappa shape index (κ3) is 3.24. The highest BCUT2D eigenvalue weighted by Crippen LogP contribution is 2.60. The lowest BCUT2D eigenvalue weighted by atomic mass is 9.74. The van der Waals surface area contributed by atoms with E-state index in [0.29, 0.717) is 6.42 Å². The third-order valence-electron chi connectivity index (χ3n) is 5.55. The highest BCUT2D eigenvalue weighted by molar-refractivity contribution is 5.04. The van der Waals surface area contributed by atoms with Crippen LogP contribution in [0.2, 0.25) is 0 Å². The summed E-state index contributed by atoms with van der Waals surface area (Å²) < 4.78 is 77.3. The number of alkyl halides is 6. The molecular weight excluding hydrogens is 310 g/mol. The zero-order valence-electron chi connectivity index (χ0n) is 13.5. The predicted octanol–water partition coefficient (Wildman–Crippen LogP) is 5.33. The van der Waals surface area contributed by atoms with Crippen molar-refractivity contribution in [1.29, 1.82) is 0 Å². The first-order valence-corrected chi connectivity index (χ1v) is 7.32. The molecule has 0 aromatic heterocycles. The molecule has 1 saturated carbocycles. The van der Waals surface area contributed by atoms with E-state index in [0.717, 1.165) is 0 Å². The minimum absolute atomic E-state index is 0.140. The minimum atomic E-state index is -5.74. The Morgan fingerprint density at radius 1 is 1.00 bits per heavy atom. The number of halogens is 6. The van der Waals surface area contributed by atoms with Crippen molar-refractivity contribution in [3.8, 4) is 0 Å². The van der Waals surface area contributed by atoms with Gasteiger partial charge in [-0.15, -0.1) is 0 Å². The number of hydrogen-bond acceptors (Lipinski definition) is 1. The Labute approximate surface area is 127 Å². The van der Waals surface area contributed by atoms with E-state index in [4.69, 9.17) is 0 Å². The molecule has 0 aliphatic heterocycles. The summed E-state index contributed by atoms with van der Waals surface area (Å²) in [6.07, 6.45) is -12.0. The molecule has 1 nitrogen and oxygen atoms in total. The molecule has 7 heteroatoms.